The molecule has 0 saturated carbocycles. The normalized spacial score (nSPS) is 20.2. The van der Waals surface area contributed by atoms with E-state index in [-0.39, 0.29) is 19.6 Å². The zero-order valence-corrected chi connectivity index (χ0v) is 15.2. The topological polar surface area (TPSA) is 78.9 Å². The number of aliphatic hydroxyl groups excluding tert-OH is 1. The Kier molecular flexibility index (Phi) is 5.60. The molecule has 3 rings (SSSR count). The lowest BCUT2D eigenvalue weighted by molar-refractivity contribution is -0.132. The van der Waals surface area contributed by atoms with Crippen LogP contribution in [0.2, 0.25) is 0 Å². The van der Waals surface area contributed by atoms with Crippen LogP contribution in [0.1, 0.15) is 18.9 Å². The van der Waals surface area contributed by atoms with Gasteiger partial charge in [0.15, 0.2) is 0 Å². The average Bonchev–Trinajstić information content (AvgIpc) is 2.93. The van der Waals surface area contributed by atoms with Crippen LogP contribution in [-0.4, -0.2) is 41.2 Å². The molecule has 2 atom stereocenters. The molecule has 6 nitrogen and oxygen atoms in total. The van der Waals surface area contributed by atoms with Crippen molar-refractivity contribution in [3.63, 3.8) is 0 Å². The number of hydrogen-bond acceptors (Lipinski definition) is 4. The van der Waals surface area contributed by atoms with Crippen molar-refractivity contribution in [1.29, 1.82) is 0 Å². The summed E-state index contributed by atoms with van der Waals surface area (Å²) in [6.45, 7) is 1.28. The molecule has 1 fully saturated rings. The molecule has 0 aliphatic carbocycles. The van der Waals surface area contributed by atoms with Crippen LogP contribution in [0, 0.1) is 11.6 Å². The van der Waals surface area contributed by atoms with Crippen LogP contribution >= 0.6 is 0 Å². The number of carbonyl (C=O) groups is 2. The highest BCUT2D eigenvalue weighted by Gasteiger charge is 2.51. The molecule has 3 amide bonds. The van der Waals surface area contributed by atoms with Crippen LogP contribution in [-0.2, 0) is 10.3 Å². The fourth-order valence-corrected chi connectivity index (χ4v) is 3.15. The van der Waals surface area contributed by atoms with Gasteiger partial charge in [-0.3, -0.25) is 9.69 Å². The van der Waals surface area contributed by atoms with Crippen LogP contribution < -0.4 is 10.1 Å². The van der Waals surface area contributed by atoms with Crippen molar-refractivity contribution < 1.29 is 28.2 Å². The first kappa shape index (κ1) is 19.8. The van der Waals surface area contributed by atoms with E-state index in [0.717, 1.165) is 4.90 Å². The smallest absolute Gasteiger partial charge is 0.325 e. The van der Waals surface area contributed by atoms with E-state index in [1.807, 2.05) is 0 Å². The molecular formula is C20H20F2N2O4. The lowest BCUT2D eigenvalue weighted by Gasteiger charge is -2.26. The minimum absolute atomic E-state index is 0.182. The molecule has 28 heavy (non-hydrogen) atoms. The number of nitrogens with zero attached hydrogens (tertiary/aromatic N) is 1. The van der Waals surface area contributed by atoms with Gasteiger partial charge < -0.3 is 15.2 Å². The molecule has 2 unspecified atom stereocenters. The Morgan fingerprint density at radius 2 is 1.64 bits per heavy atom. The summed E-state index contributed by atoms with van der Waals surface area (Å²) in [6.07, 6.45) is -0.873. The number of urea groups is 1. The van der Waals surface area contributed by atoms with Gasteiger partial charge in [0.05, 0.1) is 6.54 Å². The molecule has 2 N–H and O–H groups in total. The quantitative estimate of drug-likeness (QED) is 0.713. The van der Waals surface area contributed by atoms with E-state index in [9.17, 15) is 23.5 Å². The van der Waals surface area contributed by atoms with Crippen molar-refractivity contribution in [2.24, 2.45) is 0 Å². The van der Waals surface area contributed by atoms with Gasteiger partial charge in [-0.05, 0) is 48.4 Å². The largest absolute Gasteiger partial charge is 0.491 e. The van der Waals surface area contributed by atoms with E-state index < -0.39 is 35.2 Å². The number of amides is 3. The molecule has 0 aromatic heterocycles. The first-order chi connectivity index (χ1) is 13.4. The summed E-state index contributed by atoms with van der Waals surface area (Å²) in [7, 11) is 0. The highest BCUT2D eigenvalue weighted by molar-refractivity contribution is 6.07. The van der Waals surface area contributed by atoms with Crippen molar-refractivity contribution in [2.75, 3.05) is 13.2 Å². The Morgan fingerprint density at radius 1 is 1.07 bits per heavy atom. The predicted molar refractivity (Wildman–Crippen MR) is 96.5 cm³/mol. The summed E-state index contributed by atoms with van der Waals surface area (Å²) >= 11 is 0. The fourth-order valence-electron chi connectivity index (χ4n) is 3.15. The lowest BCUT2D eigenvalue weighted by Crippen LogP contribution is -2.44. The molecule has 8 heteroatoms. The third-order valence-corrected chi connectivity index (χ3v) is 4.69. The van der Waals surface area contributed by atoms with Gasteiger partial charge in [-0.15, -0.1) is 0 Å². The molecule has 2 aromatic rings. The van der Waals surface area contributed by atoms with Crippen molar-refractivity contribution in [3.8, 4) is 5.75 Å². The van der Waals surface area contributed by atoms with Crippen LogP contribution in [0.4, 0.5) is 13.6 Å². The van der Waals surface area contributed by atoms with E-state index >= 15 is 0 Å². The maximum Gasteiger partial charge on any atom is 0.325 e. The maximum atomic E-state index is 13.2. The number of benzene rings is 2. The summed E-state index contributed by atoms with van der Waals surface area (Å²) in [5, 5.41) is 12.8. The number of β-amino-alcohol motifs (C(OH)–C–C–N with tert-alkyl or cyclic N) is 1. The number of carbonyl (C=O) groups excluding carboxylic acids is 2. The molecule has 148 valence electrons. The number of hydrogen-bond donors (Lipinski definition) is 2. The molecule has 2 aromatic carbocycles. The molecule has 1 aliphatic heterocycles. The van der Waals surface area contributed by atoms with Gasteiger partial charge in [-0.1, -0.05) is 19.1 Å². The van der Waals surface area contributed by atoms with Crippen LogP contribution in [0.25, 0.3) is 0 Å². The molecule has 1 saturated heterocycles. The van der Waals surface area contributed by atoms with E-state index in [1.54, 1.807) is 6.92 Å². The van der Waals surface area contributed by atoms with Crippen molar-refractivity contribution in [3.05, 3.63) is 65.7 Å². The summed E-state index contributed by atoms with van der Waals surface area (Å²) in [5.41, 5.74) is -0.836. The first-order valence-corrected chi connectivity index (χ1v) is 8.82. The zero-order chi connectivity index (χ0) is 20.3. The Balaban J connectivity index is 1.68. The van der Waals surface area contributed by atoms with E-state index in [1.165, 1.54) is 48.5 Å². The van der Waals surface area contributed by atoms with Gasteiger partial charge >= 0.3 is 6.03 Å². The number of imide groups is 1. The van der Waals surface area contributed by atoms with E-state index in [4.69, 9.17) is 4.74 Å². The molecule has 1 aliphatic rings. The highest BCUT2D eigenvalue weighted by Crippen LogP contribution is 2.32. The molecule has 0 radical (unpaired) electrons. The lowest BCUT2D eigenvalue weighted by atomic mass is 9.87. The Bertz CT molecular complexity index is 858. The highest BCUT2D eigenvalue weighted by atomic mass is 19.1. The van der Waals surface area contributed by atoms with Crippen LogP contribution in [0.15, 0.2) is 48.5 Å². The summed E-state index contributed by atoms with van der Waals surface area (Å²) in [5.74, 6) is -1.03. The van der Waals surface area contributed by atoms with Crippen molar-refractivity contribution in [1.82, 2.24) is 10.2 Å². The van der Waals surface area contributed by atoms with Gasteiger partial charge in [0.1, 0.15) is 35.6 Å². The predicted octanol–water partition coefficient (Wildman–Crippen LogP) is 2.56. The number of nitrogens with one attached hydrogen (secondary N) is 1. The standard InChI is InChI=1S/C20H20F2N2O4/c1-2-20(13-3-5-14(21)6-4-13)18(26)24(19(27)23-20)11-16(25)12-28-17-9-7-15(22)8-10-17/h3-10,16,25H,2,11-12H2,1H3,(H,23,27). The van der Waals surface area contributed by atoms with E-state index in [0.29, 0.717) is 11.3 Å². The molecule has 0 spiro atoms. The SMILES string of the molecule is CCC1(c2ccc(F)cc2)NC(=O)N(CC(O)COc2ccc(F)cc2)C1=O. The van der Waals surface area contributed by atoms with Gasteiger partial charge in [0.2, 0.25) is 0 Å². The minimum atomic E-state index is -1.30. The molecule has 0 bridgehead atoms. The van der Waals surface area contributed by atoms with Gasteiger partial charge in [-0.25, -0.2) is 13.6 Å². The first-order valence-electron chi connectivity index (χ1n) is 8.82. The van der Waals surface area contributed by atoms with Crippen LogP contribution in [0.3, 0.4) is 0 Å². The molecular weight excluding hydrogens is 370 g/mol. The Morgan fingerprint density at radius 3 is 2.21 bits per heavy atom. The zero-order valence-electron chi connectivity index (χ0n) is 15.2. The van der Waals surface area contributed by atoms with Crippen molar-refractivity contribution >= 4 is 11.9 Å². The Hall–Kier alpha value is -3.00. The number of aliphatic hydroxyl groups is 1. The third kappa shape index (κ3) is 3.82. The average molecular weight is 390 g/mol. The maximum absolute atomic E-state index is 13.2. The second-order valence-electron chi connectivity index (χ2n) is 6.53. The van der Waals surface area contributed by atoms with Crippen molar-refractivity contribution in [2.45, 2.75) is 25.0 Å². The summed E-state index contributed by atoms with van der Waals surface area (Å²) < 4.78 is 31.5. The third-order valence-electron chi connectivity index (χ3n) is 4.69. The molecule has 1 heterocycles. The number of rotatable bonds is 7. The van der Waals surface area contributed by atoms with Crippen LogP contribution in [0.5, 0.6) is 5.75 Å². The fraction of sp³-hybridized carbons (Fsp3) is 0.300. The number of halogens is 2. The van der Waals surface area contributed by atoms with Gasteiger partial charge in [0, 0.05) is 0 Å². The van der Waals surface area contributed by atoms with Gasteiger partial charge in [-0.2, -0.15) is 0 Å². The Labute approximate surface area is 160 Å². The number of ether oxygens (including phenoxy) is 1. The summed E-state index contributed by atoms with van der Waals surface area (Å²) in [4.78, 5) is 26.3. The second-order valence-corrected chi connectivity index (χ2v) is 6.53. The monoisotopic (exact) mass is 390 g/mol. The van der Waals surface area contributed by atoms with Gasteiger partial charge in [0.25, 0.3) is 5.91 Å². The minimum Gasteiger partial charge on any atom is -0.491 e. The van der Waals surface area contributed by atoms with E-state index in [2.05, 4.69) is 5.32 Å². The second kappa shape index (κ2) is 7.93. The summed E-state index contributed by atoms with van der Waals surface area (Å²) in [6, 6.07) is 9.97.